The first-order valence-electron chi connectivity index (χ1n) is 3.07. The van der Waals surface area contributed by atoms with Crippen LogP contribution in [-0.4, -0.2) is 22.2 Å². The van der Waals surface area contributed by atoms with Gasteiger partial charge in [-0.25, -0.2) is 4.98 Å². The molecule has 1 aromatic rings. The summed E-state index contributed by atoms with van der Waals surface area (Å²) in [6, 6.07) is 3.24. The summed E-state index contributed by atoms with van der Waals surface area (Å²) in [4.78, 5) is 3.75. The molecule has 0 spiro atoms. The highest BCUT2D eigenvalue weighted by Crippen LogP contribution is 2.05. The predicted molar refractivity (Wildman–Crippen MR) is 46.5 cm³/mol. The van der Waals surface area contributed by atoms with Crippen molar-refractivity contribution in [1.82, 2.24) is 4.98 Å². The summed E-state index contributed by atoms with van der Waals surface area (Å²) >= 11 is 3.01. The topological polar surface area (TPSA) is 77.1 Å². The molecule has 1 rings (SSSR count). The van der Waals surface area contributed by atoms with Gasteiger partial charge in [-0.2, -0.15) is 5.26 Å². The first kappa shape index (κ1) is 9.19. The van der Waals surface area contributed by atoms with E-state index in [1.165, 1.54) is 12.3 Å². The summed E-state index contributed by atoms with van der Waals surface area (Å²) in [6.07, 6.45) is 1.41. The molecule has 4 nitrogen and oxygen atoms in total. The second kappa shape index (κ2) is 3.67. The second-order valence-corrected chi connectivity index (χ2v) is 2.80. The number of aromatic nitrogens is 1. The zero-order valence-electron chi connectivity index (χ0n) is 5.90. The molecule has 0 aliphatic heterocycles. The third-order valence-corrected chi connectivity index (χ3v) is 1.95. The van der Waals surface area contributed by atoms with Crippen molar-refractivity contribution < 1.29 is 10.0 Å². The van der Waals surface area contributed by atoms with Crippen molar-refractivity contribution in [1.29, 1.82) is 5.26 Å². The van der Waals surface area contributed by atoms with Crippen LogP contribution in [0.2, 0.25) is 0 Å². The molecule has 0 aliphatic rings. The molecule has 0 bridgehead atoms. The maximum absolute atomic E-state index is 8.85. The SMILES string of the molecule is N#Cc1ccnc(Br)c1B(O)O. The molecule has 0 saturated heterocycles. The van der Waals surface area contributed by atoms with Crippen LogP contribution in [-0.2, 0) is 0 Å². The minimum Gasteiger partial charge on any atom is -0.423 e. The van der Waals surface area contributed by atoms with Crippen molar-refractivity contribution in [2.24, 2.45) is 0 Å². The predicted octanol–water partition coefficient (Wildman–Crippen LogP) is -0.604. The van der Waals surface area contributed by atoms with Crippen molar-refractivity contribution in [3.05, 3.63) is 22.4 Å². The Kier molecular flexibility index (Phi) is 2.81. The van der Waals surface area contributed by atoms with Crippen LogP contribution in [0.3, 0.4) is 0 Å². The molecule has 0 saturated carbocycles. The number of hydrogen-bond acceptors (Lipinski definition) is 4. The van der Waals surface area contributed by atoms with Crippen LogP contribution in [0.25, 0.3) is 0 Å². The van der Waals surface area contributed by atoms with E-state index in [0.29, 0.717) is 0 Å². The summed E-state index contributed by atoms with van der Waals surface area (Å²) in [5.41, 5.74) is 0.298. The standard InChI is InChI=1S/C6H4BBrN2O2/c8-6-5(7(11)12)4(3-9)1-2-10-6/h1-2,11-12H. The van der Waals surface area contributed by atoms with Gasteiger partial charge in [0.25, 0.3) is 0 Å². The fourth-order valence-corrected chi connectivity index (χ4v) is 1.33. The lowest BCUT2D eigenvalue weighted by molar-refractivity contribution is 0.425. The Morgan fingerprint density at radius 1 is 1.58 bits per heavy atom. The average Bonchev–Trinajstić information content (AvgIpc) is 2.03. The van der Waals surface area contributed by atoms with Gasteiger partial charge in [-0.3, -0.25) is 0 Å². The molecular weight excluding hydrogens is 223 g/mol. The second-order valence-electron chi connectivity index (χ2n) is 2.05. The van der Waals surface area contributed by atoms with Gasteiger partial charge < -0.3 is 10.0 Å². The molecule has 0 aromatic carbocycles. The van der Waals surface area contributed by atoms with E-state index in [0.717, 1.165) is 0 Å². The van der Waals surface area contributed by atoms with Crippen molar-refractivity contribution in [2.45, 2.75) is 0 Å². The largest absolute Gasteiger partial charge is 0.492 e. The molecule has 0 atom stereocenters. The van der Waals surface area contributed by atoms with Crippen LogP contribution >= 0.6 is 15.9 Å². The van der Waals surface area contributed by atoms with Crippen molar-refractivity contribution in [3.8, 4) is 6.07 Å². The molecule has 1 heterocycles. The zero-order valence-corrected chi connectivity index (χ0v) is 7.48. The van der Waals surface area contributed by atoms with E-state index in [-0.39, 0.29) is 15.6 Å². The quantitative estimate of drug-likeness (QED) is 0.495. The number of pyridine rings is 1. The molecular formula is C6H4BBrN2O2. The Bertz CT molecular complexity index is 337. The lowest BCUT2D eigenvalue weighted by Gasteiger charge is -2.02. The van der Waals surface area contributed by atoms with Gasteiger partial charge in [0.1, 0.15) is 4.60 Å². The fraction of sp³-hybridized carbons (Fsp3) is 0. The van der Waals surface area contributed by atoms with Crippen LogP contribution < -0.4 is 5.46 Å². The van der Waals surface area contributed by atoms with Gasteiger partial charge in [0.15, 0.2) is 0 Å². The molecule has 12 heavy (non-hydrogen) atoms. The lowest BCUT2D eigenvalue weighted by Crippen LogP contribution is -2.34. The summed E-state index contributed by atoms with van der Waals surface area (Å²) < 4.78 is 0.275. The van der Waals surface area contributed by atoms with E-state index >= 15 is 0 Å². The van der Waals surface area contributed by atoms with Crippen LogP contribution in [0.5, 0.6) is 0 Å². The molecule has 0 radical (unpaired) electrons. The summed E-state index contributed by atoms with van der Waals surface area (Å²) in [5.74, 6) is 0. The van der Waals surface area contributed by atoms with Crippen LogP contribution in [0.4, 0.5) is 0 Å². The number of nitriles is 1. The first-order valence-corrected chi connectivity index (χ1v) is 3.86. The monoisotopic (exact) mass is 226 g/mol. The number of rotatable bonds is 1. The molecule has 0 fully saturated rings. The molecule has 0 unspecified atom stereocenters. The van der Waals surface area contributed by atoms with E-state index in [1.807, 2.05) is 6.07 Å². The summed E-state index contributed by atoms with van der Waals surface area (Å²) in [5, 5.41) is 26.3. The van der Waals surface area contributed by atoms with E-state index in [2.05, 4.69) is 20.9 Å². The van der Waals surface area contributed by atoms with Gasteiger partial charge in [0.05, 0.1) is 11.6 Å². The third kappa shape index (κ3) is 1.64. The molecule has 60 valence electrons. The Hall–Kier alpha value is -0.895. The fourth-order valence-electron chi connectivity index (χ4n) is 0.791. The van der Waals surface area contributed by atoms with E-state index in [9.17, 15) is 0 Å². The molecule has 1 aromatic heterocycles. The highest BCUT2D eigenvalue weighted by molar-refractivity contribution is 9.10. The van der Waals surface area contributed by atoms with Crippen LogP contribution in [0.15, 0.2) is 16.9 Å². The minimum atomic E-state index is -1.68. The minimum absolute atomic E-state index is 0.0972. The third-order valence-electron chi connectivity index (χ3n) is 1.32. The van der Waals surface area contributed by atoms with Crippen LogP contribution in [0, 0.1) is 11.3 Å². The Morgan fingerprint density at radius 2 is 2.25 bits per heavy atom. The molecule has 6 heteroatoms. The zero-order chi connectivity index (χ0) is 9.14. The number of hydrogen-bond donors (Lipinski definition) is 2. The Balaban J connectivity index is 3.32. The van der Waals surface area contributed by atoms with E-state index in [1.54, 1.807) is 0 Å². The van der Waals surface area contributed by atoms with Gasteiger partial charge in [-0.1, -0.05) is 0 Å². The van der Waals surface area contributed by atoms with Gasteiger partial charge >= 0.3 is 7.12 Å². The number of halogens is 1. The first-order chi connectivity index (χ1) is 5.66. The maximum Gasteiger partial charge on any atom is 0.492 e. The smallest absolute Gasteiger partial charge is 0.423 e. The van der Waals surface area contributed by atoms with Gasteiger partial charge in [-0.15, -0.1) is 0 Å². The van der Waals surface area contributed by atoms with Gasteiger partial charge in [0, 0.05) is 11.7 Å². The summed E-state index contributed by atoms with van der Waals surface area (Å²) in [6.45, 7) is 0. The van der Waals surface area contributed by atoms with Crippen molar-refractivity contribution in [2.75, 3.05) is 0 Å². The van der Waals surface area contributed by atoms with Crippen molar-refractivity contribution in [3.63, 3.8) is 0 Å². The molecule has 0 amide bonds. The average molecular weight is 227 g/mol. The summed E-state index contributed by atoms with van der Waals surface area (Å²) in [7, 11) is -1.68. The Labute approximate surface area is 77.8 Å². The van der Waals surface area contributed by atoms with Crippen molar-refractivity contribution >= 4 is 28.5 Å². The normalized spacial score (nSPS) is 9.17. The number of nitrogens with zero attached hydrogens (tertiary/aromatic N) is 2. The van der Waals surface area contributed by atoms with E-state index < -0.39 is 7.12 Å². The highest BCUT2D eigenvalue weighted by atomic mass is 79.9. The Morgan fingerprint density at radius 3 is 2.67 bits per heavy atom. The van der Waals surface area contributed by atoms with Gasteiger partial charge in [-0.05, 0) is 22.0 Å². The maximum atomic E-state index is 8.85. The highest BCUT2D eigenvalue weighted by Gasteiger charge is 2.19. The van der Waals surface area contributed by atoms with Crippen LogP contribution in [0.1, 0.15) is 5.56 Å². The van der Waals surface area contributed by atoms with E-state index in [4.69, 9.17) is 15.3 Å². The molecule has 2 N–H and O–H groups in total. The lowest BCUT2D eigenvalue weighted by atomic mass is 9.78. The van der Waals surface area contributed by atoms with Gasteiger partial charge in [0.2, 0.25) is 0 Å². The molecule has 0 aliphatic carbocycles.